The summed E-state index contributed by atoms with van der Waals surface area (Å²) in [6.07, 6.45) is 1.38. The van der Waals surface area contributed by atoms with Crippen LogP contribution < -0.4 is 35.5 Å². The topological polar surface area (TPSA) is 130 Å². The van der Waals surface area contributed by atoms with Crippen molar-refractivity contribution in [2.24, 2.45) is 0 Å². The molecule has 4 aromatic rings. The minimum absolute atomic E-state index is 0.0949. The van der Waals surface area contributed by atoms with Gasteiger partial charge >= 0.3 is 5.69 Å². The van der Waals surface area contributed by atoms with Gasteiger partial charge in [0.25, 0.3) is 5.56 Å². The third-order valence-corrected chi connectivity index (χ3v) is 5.15. The maximum Gasteiger partial charge on any atom is 0.334 e. The normalized spacial score (nSPS) is 13.5. The van der Waals surface area contributed by atoms with E-state index in [0.29, 0.717) is 35.2 Å². The molecule has 2 aliphatic rings. The van der Waals surface area contributed by atoms with Gasteiger partial charge < -0.3 is 24.3 Å². The Hall–Kier alpha value is -4.54. The van der Waals surface area contributed by atoms with Gasteiger partial charge in [-0.25, -0.2) is 14.3 Å². The molecule has 11 nitrogen and oxygen atoms in total. The second kappa shape index (κ2) is 7.01. The van der Waals surface area contributed by atoms with Crippen molar-refractivity contribution in [3.8, 4) is 28.7 Å². The number of hydrogen-bond donors (Lipinski definition) is 2. The van der Waals surface area contributed by atoms with Crippen LogP contribution in [0.4, 0.5) is 5.95 Å². The molecule has 2 aromatic carbocycles. The van der Waals surface area contributed by atoms with Crippen molar-refractivity contribution >= 4 is 17.0 Å². The van der Waals surface area contributed by atoms with Crippen molar-refractivity contribution in [1.82, 2.24) is 19.5 Å². The number of nitrogens with zero attached hydrogens (tertiary/aromatic N) is 3. The van der Waals surface area contributed by atoms with E-state index in [0.717, 1.165) is 10.1 Å². The molecule has 160 valence electrons. The Morgan fingerprint density at radius 3 is 2.47 bits per heavy atom. The molecule has 0 saturated heterocycles. The maximum absolute atomic E-state index is 13.0. The van der Waals surface area contributed by atoms with Gasteiger partial charge in [0, 0.05) is 18.8 Å². The first-order chi connectivity index (χ1) is 15.7. The molecule has 11 heteroatoms. The first-order valence-electron chi connectivity index (χ1n) is 9.70. The average molecular weight is 433 g/mol. The summed E-state index contributed by atoms with van der Waals surface area (Å²) in [5, 5.41) is 3.25. The SMILES string of the molecule is O=c1[nH]c2nc(NCc3ccc4c(c3)OCO4)ncc2c(=O)n1-c1ccc2c(c1)OCO2. The van der Waals surface area contributed by atoms with Gasteiger partial charge in [-0.1, -0.05) is 6.07 Å². The molecule has 2 N–H and O–H groups in total. The Morgan fingerprint density at radius 2 is 1.66 bits per heavy atom. The molecule has 2 aliphatic heterocycles. The van der Waals surface area contributed by atoms with E-state index in [2.05, 4.69) is 20.3 Å². The van der Waals surface area contributed by atoms with E-state index in [4.69, 9.17) is 18.9 Å². The molecule has 0 bridgehead atoms. The summed E-state index contributed by atoms with van der Waals surface area (Å²) in [5.74, 6) is 2.67. The van der Waals surface area contributed by atoms with Gasteiger partial charge in [-0.2, -0.15) is 4.98 Å². The number of nitrogens with one attached hydrogen (secondary N) is 2. The first kappa shape index (κ1) is 18.2. The first-order valence-corrected chi connectivity index (χ1v) is 9.70. The van der Waals surface area contributed by atoms with Crippen molar-refractivity contribution in [3.05, 3.63) is 69.0 Å². The Labute approximate surface area is 179 Å². The third-order valence-electron chi connectivity index (χ3n) is 5.15. The van der Waals surface area contributed by atoms with Gasteiger partial charge in [0.15, 0.2) is 28.6 Å². The molecular formula is C21H15N5O6. The molecular weight excluding hydrogens is 418 g/mol. The number of rotatable bonds is 4. The predicted molar refractivity (Wildman–Crippen MR) is 112 cm³/mol. The minimum atomic E-state index is -0.623. The number of H-pyrrole nitrogens is 1. The second-order valence-corrected chi connectivity index (χ2v) is 7.11. The van der Waals surface area contributed by atoms with E-state index < -0.39 is 11.2 Å². The Morgan fingerprint density at radius 1 is 0.938 bits per heavy atom. The quantitative estimate of drug-likeness (QED) is 0.492. The highest BCUT2D eigenvalue weighted by Gasteiger charge is 2.18. The summed E-state index contributed by atoms with van der Waals surface area (Å²) in [6.45, 7) is 0.718. The van der Waals surface area contributed by atoms with Crippen LogP contribution in [0.1, 0.15) is 5.56 Å². The average Bonchev–Trinajstić information content (AvgIpc) is 3.46. The summed E-state index contributed by atoms with van der Waals surface area (Å²) in [7, 11) is 0. The van der Waals surface area contributed by atoms with E-state index in [1.165, 1.54) is 6.20 Å². The van der Waals surface area contributed by atoms with Crippen molar-refractivity contribution in [3.63, 3.8) is 0 Å². The number of anilines is 1. The number of ether oxygens (including phenoxy) is 4. The van der Waals surface area contributed by atoms with E-state index in [-0.39, 0.29) is 30.6 Å². The van der Waals surface area contributed by atoms with Gasteiger partial charge in [0.1, 0.15) is 5.39 Å². The summed E-state index contributed by atoms with van der Waals surface area (Å²) in [6, 6.07) is 10.4. The molecule has 2 aromatic heterocycles. The highest BCUT2D eigenvalue weighted by Crippen LogP contribution is 2.33. The zero-order chi connectivity index (χ0) is 21.7. The van der Waals surface area contributed by atoms with Crippen molar-refractivity contribution in [2.45, 2.75) is 6.54 Å². The molecule has 0 radical (unpaired) electrons. The van der Waals surface area contributed by atoms with Gasteiger partial charge in [-0.05, 0) is 29.8 Å². The van der Waals surface area contributed by atoms with Crippen LogP contribution in [0.2, 0.25) is 0 Å². The highest BCUT2D eigenvalue weighted by molar-refractivity contribution is 5.73. The van der Waals surface area contributed by atoms with Gasteiger partial charge in [0.2, 0.25) is 19.5 Å². The number of aromatic amines is 1. The number of hydrogen-bond acceptors (Lipinski definition) is 9. The standard InChI is InChI=1S/C21H15N5O6/c27-19-13-8-23-20(22-7-11-1-3-14-16(5-11)31-9-29-14)24-18(13)25-21(28)26(19)12-2-4-15-17(6-12)32-10-30-15/h1-6,8H,7,9-10H2,(H2,22,23,24,25,28). The molecule has 4 heterocycles. The summed E-state index contributed by atoms with van der Waals surface area (Å²) in [5.41, 5.74) is 0.268. The van der Waals surface area contributed by atoms with Crippen molar-refractivity contribution in [1.29, 1.82) is 0 Å². The number of fused-ring (bicyclic) bond motifs is 3. The molecule has 0 spiro atoms. The Kier molecular flexibility index (Phi) is 4.00. The maximum atomic E-state index is 13.0. The lowest BCUT2D eigenvalue weighted by Crippen LogP contribution is -2.34. The van der Waals surface area contributed by atoms with E-state index in [1.807, 2.05) is 18.2 Å². The number of aromatic nitrogens is 4. The van der Waals surface area contributed by atoms with Gasteiger partial charge in [-0.3, -0.25) is 9.78 Å². The Bertz CT molecular complexity index is 1490. The molecule has 0 atom stereocenters. The van der Waals surface area contributed by atoms with Crippen LogP contribution in [0.25, 0.3) is 16.7 Å². The fourth-order valence-electron chi connectivity index (χ4n) is 3.58. The van der Waals surface area contributed by atoms with E-state index in [9.17, 15) is 9.59 Å². The lowest BCUT2D eigenvalue weighted by atomic mass is 10.2. The van der Waals surface area contributed by atoms with E-state index in [1.54, 1.807) is 18.2 Å². The molecule has 32 heavy (non-hydrogen) atoms. The van der Waals surface area contributed by atoms with Crippen molar-refractivity contribution < 1.29 is 18.9 Å². The zero-order valence-electron chi connectivity index (χ0n) is 16.5. The fraction of sp³-hybridized carbons (Fsp3) is 0.143. The van der Waals surface area contributed by atoms with Crippen LogP contribution in [0.3, 0.4) is 0 Å². The third kappa shape index (κ3) is 2.98. The lowest BCUT2D eigenvalue weighted by Gasteiger charge is -2.09. The molecule has 0 unspecified atom stereocenters. The van der Waals surface area contributed by atoms with Crippen LogP contribution in [0.5, 0.6) is 23.0 Å². The molecule has 0 aliphatic carbocycles. The molecule has 6 rings (SSSR count). The minimum Gasteiger partial charge on any atom is -0.454 e. The summed E-state index contributed by atoms with van der Waals surface area (Å²) < 4.78 is 22.3. The molecule has 0 fully saturated rings. The van der Waals surface area contributed by atoms with Gasteiger partial charge in [-0.15, -0.1) is 0 Å². The van der Waals surface area contributed by atoms with Crippen LogP contribution in [-0.2, 0) is 6.54 Å². The number of benzene rings is 2. The monoisotopic (exact) mass is 433 g/mol. The second-order valence-electron chi connectivity index (χ2n) is 7.11. The molecule has 0 saturated carbocycles. The Balaban J connectivity index is 1.31. The summed E-state index contributed by atoms with van der Waals surface area (Å²) >= 11 is 0. The largest absolute Gasteiger partial charge is 0.454 e. The fourth-order valence-corrected chi connectivity index (χ4v) is 3.58. The van der Waals surface area contributed by atoms with Crippen LogP contribution in [-0.4, -0.2) is 33.1 Å². The lowest BCUT2D eigenvalue weighted by molar-refractivity contribution is 0.173. The smallest absolute Gasteiger partial charge is 0.334 e. The highest BCUT2D eigenvalue weighted by atomic mass is 16.7. The zero-order valence-corrected chi connectivity index (χ0v) is 16.5. The van der Waals surface area contributed by atoms with E-state index >= 15 is 0 Å². The summed E-state index contributed by atoms with van der Waals surface area (Å²) in [4.78, 5) is 36.8. The van der Waals surface area contributed by atoms with Gasteiger partial charge in [0.05, 0.1) is 5.69 Å². The molecule has 0 amide bonds. The van der Waals surface area contributed by atoms with Crippen LogP contribution >= 0.6 is 0 Å². The van der Waals surface area contributed by atoms with Crippen LogP contribution in [0, 0.1) is 0 Å². The predicted octanol–water partition coefficient (Wildman–Crippen LogP) is 1.54. The van der Waals surface area contributed by atoms with Crippen LogP contribution in [0.15, 0.2) is 52.2 Å². The van der Waals surface area contributed by atoms with Crippen molar-refractivity contribution in [2.75, 3.05) is 18.9 Å².